The third kappa shape index (κ3) is 4.03. The Kier molecular flexibility index (Phi) is 5.64. The van der Waals surface area contributed by atoms with Crippen molar-refractivity contribution in [1.82, 2.24) is 5.32 Å². The number of hydrogen-bond acceptors (Lipinski definition) is 4. The van der Waals surface area contributed by atoms with Crippen molar-refractivity contribution in [3.8, 4) is 0 Å². The lowest BCUT2D eigenvalue weighted by molar-refractivity contribution is 0.0941. The number of carbonyl (C=O) groups is 1. The fraction of sp³-hybridized carbons (Fsp3) is 0.500. The monoisotopic (exact) mass is 269 g/mol. The lowest BCUT2D eigenvalue weighted by atomic mass is 10.1. The van der Waals surface area contributed by atoms with Gasteiger partial charge in [-0.15, -0.1) is 11.3 Å². The predicted octanol–water partition coefficient (Wildman–Crippen LogP) is 1.96. The Hall–Kier alpha value is -1.56. The van der Waals surface area contributed by atoms with Gasteiger partial charge in [0.05, 0.1) is 4.88 Å². The molecular formula is C12H19N3O2S. The van der Waals surface area contributed by atoms with Gasteiger partial charge in [-0.1, -0.05) is 19.0 Å². The summed E-state index contributed by atoms with van der Waals surface area (Å²) in [6.07, 6.45) is 2.01. The quantitative estimate of drug-likeness (QED) is 0.319. The molecule has 18 heavy (non-hydrogen) atoms. The van der Waals surface area contributed by atoms with Crippen molar-refractivity contribution >= 4 is 23.1 Å². The van der Waals surface area contributed by atoms with Crippen LogP contribution < -0.4 is 11.1 Å². The molecule has 0 radical (unpaired) electrons. The summed E-state index contributed by atoms with van der Waals surface area (Å²) < 4.78 is 0. The van der Waals surface area contributed by atoms with Crippen molar-refractivity contribution in [3.63, 3.8) is 0 Å². The number of aryl methyl sites for hydroxylation is 1. The Morgan fingerprint density at radius 2 is 2.28 bits per heavy atom. The van der Waals surface area contributed by atoms with E-state index >= 15 is 0 Å². The van der Waals surface area contributed by atoms with E-state index in [2.05, 4.69) is 17.4 Å². The minimum Gasteiger partial charge on any atom is -0.409 e. The van der Waals surface area contributed by atoms with Gasteiger partial charge < -0.3 is 16.3 Å². The molecule has 1 aromatic heterocycles. The molecule has 0 saturated carbocycles. The minimum absolute atomic E-state index is 0.0997. The maximum Gasteiger partial charge on any atom is 0.261 e. The van der Waals surface area contributed by atoms with E-state index < -0.39 is 0 Å². The van der Waals surface area contributed by atoms with Crippen molar-refractivity contribution < 1.29 is 10.0 Å². The first-order valence-electron chi connectivity index (χ1n) is 5.96. The van der Waals surface area contributed by atoms with Gasteiger partial charge in [0.2, 0.25) is 0 Å². The Morgan fingerprint density at radius 3 is 2.78 bits per heavy atom. The molecule has 1 heterocycles. The molecular weight excluding hydrogens is 250 g/mol. The lowest BCUT2D eigenvalue weighted by Crippen LogP contribution is -2.37. The van der Waals surface area contributed by atoms with Gasteiger partial charge in [0.25, 0.3) is 5.91 Å². The normalized spacial score (nSPS) is 13.3. The molecule has 1 unspecified atom stereocenters. The zero-order chi connectivity index (χ0) is 13.5. The predicted molar refractivity (Wildman–Crippen MR) is 73.3 cm³/mol. The van der Waals surface area contributed by atoms with Crippen molar-refractivity contribution in [1.29, 1.82) is 0 Å². The first-order chi connectivity index (χ1) is 8.60. The number of amidine groups is 1. The third-order valence-electron chi connectivity index (χ3n) is 2.65. The van der Waals surface area contributed by atoms with Crippen LogP contribution in [0, 0.1) is 0 Å². The maximum atomic E-state index is 12.0. The van der Waals surface area contributed by atoms with E-state index in [1.54, 1.807) is 0 Å². The average molecular weight is 269 g/mol. The second-order valence-electron chi connectivity index (χ2n) is 3.99. The van der Waals surface area contributed by atoms with Crippen LogP contribution in [0.4, 0.5) is 0 Å². The third-order valence-corrected chi connectivity index (χ3v) is 3.87. The molecule has 0 aliphatic heterocycles. The smallest absolute Gasteiger partial charge is 0.261 e. The van der Waals surface area contributed by atoms with Crippen molar-refractivity contribution in [2.24, 2.45) is 10.9 Å². The Bertz CT molecular complexity index is 429. The number of amides is 1. The zero-order valence-electron chi connectivity index (χ0n) is 10.6. The first-order valence-corrected chi connectivity index (χ1v) is 6.78. The topological polar surface area (TPSA) is 87.7 Å². The second-order valence-corrected chi connectivity index (χ2v) is 5.16. The molecule has 1 rings (SSSR count). The molecule has 0 bridgehead atoms. The van der Waals surface area contributed by atoms with Crippen LogP contribution in [-0.2, 0) is 6.42 Å². The summed E-state index contributed by atoms with van der Waals surface area (Å²) in [4.78, 5) is 13.9. The number of nitrogens with one attached hydrogen (secondary N) is 1. The van der Waals surface area contributed by atoms with Gasteiger partial charge in [-0.25, -0.2) is 0 Å². The summed E-state index contributed by atoms with van der Waals surface area (Å²) >= 11 is 1.50. The molecule has 0 spiro atoms. The van der Waals surface area contributed by atoms with Gasteiger partial charge in [-0.3, -0.25) is 4.79 Å². The van der Waals surface area contributed by atoms with Crippen LogP contribution in [-0.4, -0.2) is 23.0 Å². The van der Waals surface area contributed by atoms with E-state index in [1.807, 2.05) is 19.1 Å². The Labute approximate surface area is 111 Å². The molecule has 5 nitrogen and oxygen atoms in total. The van der Waals surface area contributed by atoms with Crippen LogP contribution in [0.5, 0.6) is 0 Å². The Balaban J connectivity index is 2.61. The summed E-state index contributed by atoms with van der Waals surface area (Å²) in [5.74, 6) is 0.0277. The molecule has 1 atom stereocenters. The highest BCUT2D eigenvalue weighted by Gasteiger charge is 2.15. The molecule has 0 saturated heterocycles. The van der Waals surface area contributed by atoms with Crippen LogP contribution in [0.25, 0.3) is 0 Å². The van der Waals surface area contributed by atoms with E-state index in [9.17, 15) is 4.79 Å². The van der Waals surface area contributed by atoms with E-state index in [1.165, 1.54) is 16.2 Å². The SMILES string of the molecule is CCc1ccc(C(=O)NC(CC)CC(N)=NO)s1. The van der Waals surface area contributed by atoms with Crippen LogP contribution >= 0.6 is 11.3 Å². The second kappa shape index (κ2) is 7.00. The molecule has 1 amide bonds. The van der Waals surface area contributed by atoms with Crippen molar-refractivity contribution in [3.05, 3.63) is 21.9 Å². The number of thiophene rings is 1. The number of nitrogens with zero attached hydrogens (tertiary/aromatic N) is 1. The maximum absolute atomic E-state index is 12.0. The highest BCUT2D eigenvalue weighted by Crippen LogP contribution is 2.17. The van der Waals surface area contributed by atoms with Gasteiger partial charge >= 0.3 is 0 Å². The van der Waals surface area contributed by atoms with Crippen LogP contribution in [0.15, 0.2) is 17.3 Å². The first kappa shape index (κ1) is 14.5. The molecule has 0 aromatic carbocycles. The molecule has 0 aliphatic carbocycles. The number of hydrogen-bond donors (Lipinski definition) is 3. The molecule has 6 heteroatoms. The number of carbonyl (C=O) groups excluding carboxylic acids is 1. The summed E-state index contributed by atoms with van der Waals surface area (Å²) in [7, 11) is 0. The fourth-order valence-electron chi connectivity index (χ4n) is 1.54. The van der Waals surface area contributed by atoms with Crippen molar-refractivity contribution in [2.75, 3.05) is 0 Å². The molecule has 1 aromatic rings. The highest BCUT2D eigenvalue weighted by molar-refractivity contribution is 7.14. The van der Waals surface area contributed by atoms with E-state index in [-0.39, 0.29) is 17.8 Å². The average Bonchev–Trinajstić information content (AvgIpc) is 2.86. The van der Waals surface area contributed by atoms with Crippen LogP contribution in [0.1, 0.15) is 41.2 Å². The highest BCUT2D eigenvalue weighted by atomic mass is 32.1. The summed E-state index contributed by atoms with van der Waals surface area (Å²) in [5, 5.41) is 14.3. The van der Waals surface area contributed by atoms with Crippen molar-refractivity contribution in [2.45, 2.75) is 39.2 Å². The number of oxime groups is 1. The molecule has 0 aliphatic rings. The molecule has 0 fully saturated rings. The van der Waals surface area contributed by atoms with Gasteiger partial charge in [-0.2, -0.15) is 0 Å². The van der Waals surface area contributed by atoms with Crippen LogP contribution in [0.2, 0.25) is 0 Å². The van der Waals surface area contributed by atoms with Gasteiger partial charge in [0, 0.05) is 17.3 Å². The molecule has 4 N–H and O–H groups in total. The largest absolute Gasteiger partial charge is 0.409 e. The number of rotatable bonds is 6. The van der Waals surface area contributed by atoms with Gasteiger partial charge in [0.15, 0.2) is 0 Å². The standard InChI is InChI=1S/C12H19N3O2S/c1-3-8(7-11(13)15-17)14-12(16)10-6-5-9(4-2)18-10/h5-6,8,17H,3-4,7H2,1-2H3,(H2,13,15)(H,14,16). The summed E-state index contributed by atoms with van der Waals surface area (Å²) in [5.41, 5.74) is 5.44. The fourth-order valence-corrected chi connectivity index (χ4v) is 2.39. The number of nitrogens with two attached hydrogens (primary N) is 1. The Morgan fingerprint density at radius 1 is 1.56 bits per heavy atom. The zero-order valence-corrected chi connectivity index (χ0v) is 11.5. The van der Waals surface area contributed by atoms with E-state index in [0.29, 0.717) is 11.3 Å². The van der Waals surface area contributed by atoms with Gasteiger partial charge in [-0.05, 0) is 25.0 Å². The van der Waals surface area contributed by atoms with E-state index in [4.69, 9.17) is 10.9 Å². The lowest BCUT2D eigenvalue weighted by Gasteiger charge is -2.15. The molecule has 100 valence electrons. The summed E-state index contributed by atoms with van der Waals surface area (Å²) in [6, 6.07) is 3.68. The minimum atomic E-state index is -0.111. The van der Waals surface area contributed by atoms with Gasteiger partial charge in [0.1, 0.15) is 5.84 Å². The van der Waals surface area contributed by atoms with E-state index in [0.717, 1.165) is 12.8 Å². The summed E-state index contributed by atoms with van der Waals surface area (Å²) in [6.45, 7) is 4.00. The van der Waals surface area contributed by atoms with Crippen LogP contribution in [0.3, 0.4) is 0 Å².